The zero-order valence-electron chi connectivity index (χ0n) is 11.8. The van der Waals surface area contributed by atoms with E-state index in [4.69, 9.17) is 4.74 Å². The van der Waals surface area contributed by atoms with E-state index in [-0.39, 0.29) is 18.8 Å². The Morgan fingerprint density at radius 2 is 1.94 bits per heavy atom. The van der Waals surface area contributed by atoms with Crippen LogP contribution in [-0.2, 0) is 6.54 Å². The van der Waals surface area contributed by atoms with Crippen molar-refractivity contribution in [2.45, 2.75) is 46.4 Å². The third-order valence-corrected chi connectivity index (χ3v) is 2.84. The van der Waals surface area contributed by atoms with E-state index in [1.54, 1.807) is 0 Å². The SMILES string of the molecule is CC(C)Oc1cccc(CNC(CO)C(C)C)c1. The molecule has 0 aliphatic heterocycles. The predicted octanol–water partition coefficient (Wildman–Crippen LogP) is 2.58. The standard InChI is InChI=1S/C15H25NO2/c1-11(2)15(10-17)16-9-13-6-5-7-14(8-13)18-12(3)4/h5-8,11-12,15-17H,9-10H2,1-4H3. The predicted molar refractivity (Wildman–Crippen MR) is 74.8 cm³/mol. The second kappa shape index (κ2) is 7.39. The van der Waals surface area contributed by atoms with Crippen LogP contribution in [0.5, 0.6) is 5.75 Å². The molecule has 102 valence electrons. The molecule has 2 N–H and O–H groups in total. The average Bonchev–Trinajstić information content (AvgIpc) is 2.29. The maximum absolute atomic E-state index is 9.26. The van der Waals surface area contributed by atoms with Crippen molar-refractivity contribution < 1.29 is 9.84 Å². The van der Waals surface area contributed by atoms with Crippen molar-refractivity contribution in [2.24, 2.45) is 5.92 Å². The molecular weight excluding hydrogens is 226 g/mol. The lowest BCUT2D eigenvalue weighted by molar-refractivity contribution is 0.210. The minimum absolute atomic E-state index is 0.139. The third-order valence-electron chi connectivity index (χ3n) is 2.84. The van der Waals surface area contributed by atoms with Gasteiger partial charge in [0.25, 0.3) is 0 Å². The number of rotatable bonds is 7. The van der Waals surface area contributed by atoms with Gasteiger partial charge in [-0.25, -0.2) is 0 Å². The first-order valence-corrected chi connectivity index (χ1v) is 6.62. The third kappa shape index (κ3) is 5.07. The van der Waals surface area contributed by atoms with Gasteiger partial charge in [-0.3, -0.25) is 0 Å². The highest BCUT2D eigenvalue weighted by atomic mass is 16.5. The Kier molecular flexibility index (Phi) is 6.16. The molecule has 0 aliphatic carbocycles. The number of aliphatic hydroxyl groups is 1. The lowest BCUT2D eigenvalue weighted by Gasteiger charge is -2.20. The lowest BCUT2D eigenvalue weighted by atomic mass is 10.1. The van der Waals surface area contributed by atoms with Crippen LogP contribution >= 0.6 is 0 Å². The minimum Gasteiger partial charge on any atom is -0.491 e. The first-order chi connectivity index (χ1) is 8.52. The van der Waals surface area contributed by atoms with Gasteiger partial charge in [0.2, 0.25) is 0 Å². The minimum atomic E-state index is 0.139. The second-order valence-electron chi connectivity index (χ2n) is 5.23. The summed E-state index contributed by atoms with van der Waals surface area (Å²) in [5.41, 5.74) is 1.17. The van der Waals surface area contributed by atoms with Gasteiger partial charge < -0.3 is 15.2 Å². The lowest BCUT2D eigenvalue weighted by Crippen LogP contribution is -2.36. The van der Waals surface area contributed by atoms with Gasteiger partial charge in [-0.15, -0.1) is 0 Å². The smallest absolute Gasteiger partial charge is 0.120 e. The molecule has 18 heavy (non-hydrogen) atoms. The summed E-state index contributed by atoms with van der Waals surface area (Å²) in [5, 5.41) is 12.6. The van der Waals surface area contributed by atoms with Crippen LogP contribution in [-0.4, -0.2) is 23.9 Å². The molecule has 0 spiro atoms. The molecule has 1 rings (SSSR count). The first-order valence-electron chi connectivity index (χ1n) is 6.62. The van der Waals surface area contributed by atoms with Crippen LogP contribution in [0.1, 0.15) is 33.3 Å². The van der Waals surface area contributed by atoms with Gasteiger partial charge in [0.1, 0.15) is 5.75 Å². The molecule has 1 unspecified atom stereocenters. The van der Waals surface area contributed by atoms with Gasteiger partial charge in [-0.2, -0.15) is 0 Å². The molecule has 0 amide bonds. The summed E-state index contributed by atoms with van der Waals surface area (Å²) in [6.45, 7) is 9.16. The highest BCUT2D eigenvalue weighted by Gasteiger charge is 2.11. The zero-order valence-corrected chi connectivity index (χ0v) is 11.8. The van der Waals surface area contributed by atoms with Crippen LogP contribution < -0.4 is 10.1 Å². The number of ether oxygens (including phenoxy) is 1. The summed E-state index contributed by atoms with van der Waals surface area (Å²) in [6.07, 6.45) is 0.189. The summed E-state index contributed by atoms with van der Waals surface area (Å²) in [5.74, 6) is 1.32. The molecule has 1 atom stereocenters. The summed E-state index contributed by atoms with van der Waals surface area (Å²) in [6, 6.07) is 8.21. The van der Waals surface area contributed by atoms with E-state index in [9.17, 15) is 5.11 Å². The van der Waals surface area contributed by atoms with Crippen molar-refractivity contribution in [1.82, 2.24) is 5.32 Å². The van der Waals surface area contributed by atoms with Crippen LogP contribution in [0.15, 0.2) is 24.3 Å². The molecule has 0 fully saturated rings. The van der Waals surface area contributed by atoms with Crippen molar-refractivity contribution >= 4 is 0 Å². The van der Waals surface area contributed by atoms with Gasteiger partial charge in [-0.05, 0) is 37.5 Å². The fourth-order valence-electron chi connectivity index (χ4n) is 1.76. The number of benzene rings is 1. The Bertz CT molecular complexity index is 350. The van der Waals surface area contributed by atoms with Crippen molar-refractivity contribution in [1.29, 1.82) is 0 Å². The normalized spacial score (nSPS) is 13.1. The quantitative estimate of drug-likeness (QED) is 0.782. The number of hydrogen-bond donors (Lipinski definition) is 2. The summed E-state index contributed by atoms with van der Waals surface area (Å²) < 4.78 is 5.66. The molecule has 1 aromatic rings. The molecule has 0 aromatic heterocycles. The van der Waals surface area contributed by atoms with Gasteiger partial charge in [0.05, 0.1) is 12.7 Å². The van der Waals surface area contributed by atoms with E-state index in [0.29, 0.717) is 5.92 Å². The molecule has 0 heterocycles. The van der Waals surface area contributed by atoms with Gasteiger partial charge >= 0.3 is 0 Å². The van der Waals surface area contributed by atoms with Crippen molar-refractivity contribution in [3.05, 3.63) is 29.8 Å². The summed E-state index contributed by atoms with van der Waals surface area (Å²) in [7, 11) is 0. The highest BCUT2D eigenvalue weighted by Crippen LogP contribution is 2.15. The maximum Gasteiger partial charge on any atom is 0.120 e. The Morgan fingerprint density at radius 3 is 2.50 bits per heavy atom. The number of hydrogen-bond acceptors (Lipinski definition) is 3. The van der Waals surface area contributed by atoms with E-state index in [1.165, 1.54) is 5.56 Å². The van der Waals surface area contributed by atoms with Crippen LogP contribution in [0.2, 0.25) is 0 Å². The summed E-state index contributed by atoms with van der Waals surface area (Å²) >= 11 is 0. The van der Waals surface area contributed by atoms with Crippen LogP contribution in [0.25, 0.3) is 0 Å². The Labute approximate surface area is 110 Å². The van der Waals surface area contributed by atoms with Gasteiger partial charge in [0, 0.05) is 12.6 Å². The second-order valence-corrected chi connectivity index (χ2v) is 5.23. The van der Waals surface area contributed by atoms with E-state index < -0.39 is 0 Å². The maximum atomic E-state index is 9.26. The molecule has 0 radical (unpaired) electrons. The fraction of sp³-hybridized carbons (Fsp3) is 0.600. The number of nitrogens with one attached hydrogen (secondary N) is 1. The molecule has 0 saturated carbocycles. The van der Waals surface area contributed by atoms with E-state index >= 15 is 0 Å². The van der Waals surface area contributed by atoms with Crippen molar-refractivity contribution in [2.75, 3.05) is 6.61 Å². The Balaban J connectivity index is 2.56. The molecule has 0 bridgehead atoms. The van der Waals surface area contributed by atoms with E-state index in [0.717, 1.165) is 12.3 Å². The van der Waals surface area contributed by atoms with E-state index in [2.05, 4.69) is 25.2 Å². The van der Waals surface area contributed by atoms with Gasteiger partial charge in [0.15, 0.2) is 0 Å². The molecule has 3 nitrogen and oxygen atoms in total. The Hall–Kier alpha value is -1.06. The van der Waals surface area contributed by atoms with Gasteiger partial charge in [-0.1, -0.05) is 26.0 Å². The zero-order chi connectivity index (χ0) is 13.5. The monoisotopic (exact) mass is 251 g/mol. The largest absolute Gasteiger partial charge is 0.491 e. The van der Waals surface area contributed by atoms with E-state index in [1.807, 2.05) is 32.0 Å². The van der Waals surface area contributed by atoms with Crippen LogP contribution in [0, 0.1) is 5.92 Å². The first kappa shape index (κ1) is 15.0. The highest BCUT2D eigenvalue weighted by molar-refractivity contribution is 5.28. The van der Waals surface area contributed by atoms with Crippen LogP contribution in [0.4, 0.5) is 0 Å². The molecule has 3 heteroatoms. The number of aliphatic hydroxyl groups excluding tert-OH is 1. The topological polar surface area (TPSA) is 41.5 Å². The molecular formula is C15H25NO2. The Morgan fingerprint density at radius 1 is 1.22 bits per heavy atom. The average molecular weight is 251 g/mol. The molecule has 0 aliphatic rings. The van der Waals surface area contributed by atoms with Crippen molar-refractivity contribution in [3.8, 4) is 5.75 Å². The molecule has 0 saturated heterocycles. The fourth-order valence-corrected chi connectivity index (χ4v) is 1.76. The summed E-state index contributed by atoms with van der Waals surface area (Å²) in [4.78, 5) is 0. The molecule has 1 aromatic carbocycles. The van der Waals surface area contributed by atoms with Crippen LogP contribution in [0.3, 0.4) is 0 Å². The van der Waals surface area contributed by atoms with Crippen molar-refractivity contribution in [3.63, 3.8) is 0 Å².